The second-order valence-corrected chi connectivity index (χ2v) is 7.72. The molecule has 0 radical (unpaired) electrons. The van der Waals surface area contributed by atoms with Crippen molar-refractivity contribution in [1.82, 2.24) is 5.16 Å². The van der Waals surface area contributed by atoms with Gasteiger partial charge in [-0.3, -0.25) is 14.4 Å². The molecule has 5 rings (SSSR count). The lowest BCUT2D eigenvalue weighted by Crippen LogP contribution is -2.24. The molecule has 6 nitrogen and oxygen atoms in total. The molecule has 0 bridgehead atoms. The number of benzene rings is 3. The van der Waals surface area contributed by atoms with Crippen LogP contribution in [0.15, 0.2) is 59.1 Å². The third kappa shape index (κ3) is 3.04. The van der Waals surface area contributed by atoms with E-state index in [1.165, 1.54) is 0 Å². The van der Waals surface area contributed by atoms with Crippen LogP contribution in [0.4, 0.5) is 5.69 Å². The van der Waals surface area contributed by atoms with Crippen LogP contribution in [0.25, 0.3) is 11.0 Å². The van der Waals surface area contributed by atoms with E-state index in [4.69, 9.17) is 4.52 Å². The van der Waals surface area contributed by atoms with Gasteiger partial charge in [0.05, 0.1) is 17.7 Å². The van der Waals surface area contributed by atoms with E-state index in [2.05, 4.69) is 10.5 Å². The summed E-state index contributed by atoms with van der Waals surface area (Å²) in [6.45, 7) is 3.97. The zero-order valence-electron chi connectivity index (χ0n) is 17.0. The SMILES string of the molecule is Cc1cc2onc(CC(=O)Nc3cccc4c3C(=O)c3ccccc3C4=O)c2cc1C. The summed E-state index contributed by atoms with van der Waals surface area (Å²) in [5.41, 5.74) is 4.86. The van der Waals surface area contributed by atoms with E-state index in [1.807, 2.05) is 26.0 Å². The van der Waals surface area contributed by atoms with E-state index in [-0.39, 0.29) is 29.5 Å². The lowest BCUT2D eigenvalue weighted by molar-refractivity contribution is -0.115. The van der Waals surface area contributed by atoms with E-state index >= 15 is 0 Å². The first-order valence-corrected chi connectivity index (χ1v) is 9.91. The molecule has 0 unspecified atom stereocenters. The molecular weight excluding hydrogens is 392 g/mol. The minimum Gasteiger partial charge on any atom is -0.356 e. The number of ketones is 2. The number of carbonyl (C=O) groups is 3. The molecule has 6 heteroatoms. The van der Waals surface area contributed by atoms with E-state index < -0.39 is 0 Å². The fraction of sp³-hybridized carbons (Fsp3) is 0.120. The maximum atomic E-state index is 13.1. The molecule has 4 aromatic rings. The monoisotopic (exact) mass is 410 g/mol. The van der Waals surface area contributed by atoms with E-state index in [0.717, 1.165) is 16.5 Å². The number of anilines is 1. The molecular formula is C25H18N2O4. The third-order valence-electron chi connectivity index (χ3n) is 5.72. The summed E-state index contributed by atoms with van der Waals surface area (Å²) in [6, 6.07) is 15.5. The van der Waals surface area contributed by atoms with E-state index in [0.29, 0.717) is 33.7 Å². The molecule has 1 aromatic heterocycles. The number of hydrogen-bond acceptors (Lipinski definition) is 5. The van der Waals surface area contributed by atoms with Crippen molar-refractivity contribution in [3.63, 3.8) is 0 Å². The number of aromatic nitrogens is 1. The van der Waals surface area contributed by atoms with Crippen LogP contribution in [-0.2, 0) is 11.2 Å². The number of nitrogens with zero attached hydrogens (tertiary/aromatic N) is 1. The molecule has 0 spiro atoms. The number of aryl methyl sites for hydroxylation is 2. The van der Waals surface area contributed by atoms with Crippen molar-refractivity contribution in [1.29, 1.82) is 0 Å². The molecule has 1 amide bonds. The minimum absolute atomic E-state index is 0.0160. The van der Waals surface area contributed by atoms with Crippen LogP contribution in [0, 0.1) is 13.8 Å². The Kier molecular flexibility index (Phi) is 4.29. The van der Waals surface area contributed by atoms with Crippen LogP contribution < -0.4 is 5.32 Å². The third-order valence-corrected chi connectivity index (χ3v) is 5.72. The molecule has 1 N–H and O–H groups in total. The normalized spacial score (nSPS) is 12.6. The fourth-order valence-corrected chi connectivity index (χ4v) is 3.97. The highest BCUT2D eigenvalue weighted by molar-refractivity contribution is 6.30. The van der Waals surface area contributed by atoms with Crippen LogP contribution >= 0.6 is 0 Å². The summed E-state index contributed by atoms with van der Waals surface area (Å²) >= 11 is 0. The highest BCUT2D eigenvalue weighted by atomic mass is 16.5. The number of carbonyl (C=O) groups excluding carboxylic acids is 3. The van der Waals surface area contributed by atoms with Crippen LogP contribution in [0.3, 0.4) is 0 Å². The Bertz CT molecular complexity index is 1410. The van der Waals surface area contributed by atoms with Gasteiger partial charge in [-0.2, -0.15) is 0 Å². The van der Waals surface area contributed by atoms with Crippen LogP contribution in [-0.4, -0.2) is 22.6 Å². The Morgan fingerprint density at radius 3 is 2.35 bits per heavy atom. The van der Waals surface area contributed by atoms with E-state index in [1.54, 1.807) is 42.5 Å². The van der Waals surface area contributed by atoms with Gasteiger partial charge in [-0.15, -0.1) is 0 Å². The first kappa shape index (κ1) is 18.9. The van der Waals surface area contributed by atoms with Gasteiger partial charge in [0, 0.05) is 22.1 Å². The number of nitrogens with one attached hydrogen (secondary N) is 1. The van der Waals surface area contributed by atoms with Crippen molar-refractivity contribution in [2.24, 2.45) is 0 Å². The number of fused-ring (bicyclic) bond motifs is 3. The van der Waals surface area contributed by atoms with Crippen molar-refractivity contribution in [2.75, 3.05) is 5.32 Å². The fourth-order valence-electron chi connectivity index (χ4n) is 3.97. The molecule has 31 heavy (non-hydrogen) atoms. The standard InChI is InChI=1S/C25H18N2O4/c1-13-10-18-20(27-31-21(18)11-14(13)2)12-22(28)26-19-9-5-8-17-23(19)25(30)16-7-4-3-6-15(16)24(17)29/h3-11H,12H2,1-2H3,(H,26,28). The Morgan fingerprint density at radius 1 is 0.903 bits per heavy atom. The van der Waals surface area contributed by atoms with E-state index in [9.17, 15) is 14.4 Å². The molecule has 0 aliphatic heterocycles. The summed E-state index contributed by atoms with van der Waals surface area (Å²) in [7, 11) is 0. The van der Waals surface area contributed by atoms with Crippen LogP contribution in [0.2, 0.25) is 0 Å². The Labute approximate surface area is 177 Å². The maximum absolute atomic E-state index is 13.1. The number of hydrogen-bond donors (Lipinski definition) is 1. The molecule has 0 saturated carbocycles. The van der Waals surface area contributed by atoms with Gasteiger partial charge in [0.2, 0.25) is 5.91 Å². The Balaban J connectivity index is 1.47. The molecule has 1 heterocycles. The van der Waals surface area contributed by atoms with Gasteiger partial charge in [-0.1, -0.05) is 41.6 Å². The van der Waals surface area contributed by atoms with Crippen LogP contribution in [0.5, 0.6) is 0 Å². The van der Waals surface area contributed by atoms with Gasteiger partial charge in [0.1, 0.15) is 5.69 Å². The first-order valence-electron chi connectivity index (χ1n) is 9.91. The molecule has 1 aliphatic carbocycles. The van der Waals surface area contributed by atoms with Crippen molar-refractivity contribution < 1.29 is 18.9 Å². The van der Waals surface area contributed by atoms with Gasteiger partial charge in [-0.05, 0) is 43.2 Å². The topological polar surface area (TPSA) is 89.3 Å². The second-order valence-electron chi connectivity index (χ2n) is 7.72. The van der Waals surface area contributed by atoms with Gasteiger partial charge in [-0.25, -0.2) is 0 Å². The number of rotatable bonds is 3. The van der Waals surface area contributed by atoms with Gasteiger partial charge >= 0.3 is 0 Å². The average Bonchev–Trinajstić information content (AvgIpc) is 3.13. The summed E-state index contributed by atoms with van der Waals surface area (Å²) in [5.74, 6) is -0.852. The highest BCUT2D eigenvalue weighted by Crippen LogP contribution is 2.32. The molecule has 0 fully saturated rings. The average molecular weight is 410 g/mol. The van der Waals surface area contributed by atoms with Gasteiger partial charge in [0.25, 0.3) is 0 Å². The lowest BCUT2D eigenvalue weighted by Gasteiger charge is -2.20. The second kappa shape index (κ2) is 7.02. The lowest BCUT2D eigenvalue weighted by atomic mass is 9.83. The quantitative estimate of drug-likeness (QED) is 0.476. The summed E-state index contributed by atoms with van der Waals surface area (Å²) < 4.78 is 5.37. The van der Waals surface area contributed by atoms with Crippen LogP contribution in [0.1, 0.15) is 48.7 Å². The Hall–Kier alpha value is -4.06. The smallest absolute Gasteiger partial charge is 0.230 e. The molecule has 0 saturated heterocycles. The molecule has 3 aromatic carbocycles. The predicted molar refractivity (Wildman–Crippen MR) is 116 cm³/mol. The van der Waals surface area contributed by atoms with Gasteiger partial charge < -0.3 is 9.84 Å². The molecule has 152 valence electrons. The maximum Gasteiger partial charge on any atom is 0.230 e. The summed E-state index contributed by atoms with van der Waals surface area (Å²) in [4.78, 5) is 38.8. The zero-order valence-corrected chi connectivity index (χ0v) is 17.0. The summed E-state index contributed by atoms with van der Waals surface area (Å²) in [5, 5.41) is 7.62. The zero-order chi connectivity index (χ0) is 21.7. The first-order chi connectivity index (χ1) is 14.9. The van der Waals surface area contributed by atoms with Crippen molar-refractivity contribution >= 4 is 34.1 Å². The largest absolute Gasteiger partial charge is 0.356 e. The van der Waals surface area contributed by atoms with Gasteiger partial charge in [0.15, 0.2) is 17.1 Å². The molecule has 0 atom stereocenters. The summed E-state index contributed by atoms with van der Waals surface area (Å²) in [6.07, 6.45) is -0.0160. The molecule has 1 aliphatic rings. The highest BCUT2D eigenvalue weighted by Gasteiger charge is 2.31. The predicted octanol–water partition coefficient (Wildman–Crippen LogP) is 4.40. The minimum atomic E-state index is -0.346. The van der Waals surface area contributed by atoms with Crippen molar-refractivity contribution in [2.45, 2.75) is 20.3 Å². The van der Waals surface area contributed by atoms with Crippen molar-refractivity contribution in [3.05, 3.63) is 93.7 Å². The van der Waals surface area contributed by atoms with Crippen molar-refractivity contribution in [3.8, 4) is 0 Å². The number of amides is 1. The Morgan fingerprint density at radius 2 is 1.58 bits per heavy atom.